The highest BCUT2D eigenvalue weighted by molar-refractivity contribution is 5.41. The third-order valence-corrected chi connectivity index (χ3v) is 3.49. The van der Waals surface area contributed by atoms with Gasteiger partial charge in [0.2, 0.25) is 5.88 Å². The number of hydrogen-bond acceptors (Lipinski definition) is 5. The molecule has 1 fully saturated rings. The van der Waals surface area contributed by atoms with Crippen LogP contribution < -0.4 is 15.4 Å². The fourth-order valence-corrected chi connectivity index (χ4v) is 2.31. The predicted molar refractivity (Wildman–Crippen MR) is 67.2 cm³/mol. The van der Waals surface area contributed by atoms with Gasteiger partial charge in [0.05, 0.1) is 7.11 Å². The summed E-state index contributed by atoms with van der Waals surface area (Å²) in [7, 11) is 3.69. The molecule has 2 rings (SSSR count). The third kappa shape index (κ3) is 2.85. The van der Waals surface area contributed by atoms with Crippen LogP contribution in [0.4, 0.5) is 5.82 Å². The van der Waals surface area contributed by atoms with E-state index in [-0.39, 0.29) is 0 Å². The molecule has 1 saturated carbocycles. The average molecular weight is 236 g/mol. The average Bonchev–Trinajstić information content (AvgIpc) is 2.39. The molecule has 0 aromatic carbocycles. The highest BCUT2D eigenvalue weighted by Gasteiger charge is 2.22. The van der Waals surface area contributed by atoms with Crippen molar-refractivity contribution in [1.29, 1.82) is 0 Å². The minimum absolute atomic E-state index is 0.375. The Morgan fingerprint density at radius 1 is 1.29 bits per heavy atom. The molecule has 94 valence electrons. The van der Waals surface area contributed by atoms with Crippen LogP contribution in [0.15, 0.2) is 12.4 Å². The van der Waals surface area contributed by atoms with Crippen LogP contribution in [0.5, 0.6) is 5.88 Å². The summed E-state index contributed by atoms with van der Waals surface area (Å²) in [5, 5.41) is 0. The zero-order valence-electron chi connectivity index (χ0n) is 10.5. The molecule has 0 saturated heterocycles. The molecule has 5 nitrogen and oxygen atoms in total. The van der Waals surface area contributed by atoms with Crippen molar-refractivity contribution in [2.24, 2.45) is 5.73 Å². The van der Waals surface area contributed by atoms with Crippen molar-refractivity contribution in [3.63, 3.8) is 0 Å². The number of hydrogen-bond donors (Lipinski definition) is 1. The van der Waals surface area contributed by atoms with Crippen molar-refractivity contribution in [3.05, 3.63) is 12.4 Å². The maximum atomic E-state index is 5.92. The van der Waals surface area contributed by atoms with Gasteiger partial charge in [0.15, 0.2) is 0 Å². The standard InChI is InChI=1S/C12H20N4O/c1-16(10-5-3-9(13)4-6-10)11-7-12(17-2)15-8-14-11/h7-10H,3-6,13H2,1-2H3. The van der Waals surface area contributed by atoms with Crippen LogP contribution in [0.1, 0.15) is 25.7 Å². The van der Waals surface area contributed by atoms with Gasteiger partial charge in [-0.1, -0.05) is 0 Å². The number of ether oxygens (including phenoxy) is 1. The van der Waals surface area contributed by atoms with Crippen molar-refractivity contribution in [2.75, 3.05) is 19.1 Å². The van der Waals surface area contributed by atoms with E-state index >= 15 is 0 Å². The first kappa shape index (κ1) is 12.1. The largest absolute Gasteiger partial charge is 0.481 e. The molecule has 0 bridgehead atoms. The molecule has 0 aliphatic heterocycles. The van der Waals surface area contributed by atoms with Crippen LogP contribution in [0.25, 0.3) is 0 Å². The van der Waals surface area contributed by atoms with Crippen molar-refractivity contribution in [3.8, 4) is 5.88 Å². The normalized spacial score (nSPS) is 24.4. The molecule has 1 aromatic heterocycles. The molecule has 5 heteroatoms. The Hall–Kier alpha value is -1.36. The lowest BCUT2D eigenvalue weighted by molar-refractivity contribution is 0.380. The van der Waals surface area contributed by atoms with Crippen LogP contribution in [-0.4, -0.2) is 36.2 Å². The second-order valence-electron chi connectivity index (χ2n) is 4.60. The number of anilines is 1. The van der Waals surface area contributed by atoms with E-state index in [9.17, 15) is 0 Å². The van der Waals surface area contributed by atoms with Gasteiger partial charge in [-0.2, -0.15) is 0 Å². The van der Waals surface area contributed by atoms with E-state index in [1.165, 1.54) is 0 Å². The monoisotopic (exact) mass is 236 g/mol. The fraction of sp³-hybridized carbons (Fsp3) is 0.667. The highest BCUT2D eigenvalue weighted by atomic mass is 16.5. The quantitative estimate of drug-likeness (QED) is 0.854. The number of aromatic nitrogens is 2. The summed E-state index contributed by atoms with van der Waals surface area (Å²) in [6, 6.07) is 2.77. The molecule has 1 heterocycles. The van der Waals surface area contributed by atoms with E-state index in [0.717, 1.165) is 31.5 Å². The summed E-state index contributed by atoms with van der Waals surface area (Å²) in [4.78, 5) is 10.5. The van der Waals surface area contributed by atoms with Gasteiger partial charge in [-0.25, -0.2) is 9.97 Å². The maximum Gasteiger partial charge on any atom is 0.218 e. The summed E-state index contributed by atoms with van der Waals surface area (Å²) < 4.78 is 5.11. The Labute approximate surface area is 102 Å². The van der Waals surface area contributed by atoms with E-state index in [4.69, 9.17) is 10.5 Å². The first-order chi connectivity index (χ1) is 8.20. The smallest absolute Gasteiger partial charge is 0.218 e. The topological polar surface area (TPSA) is 64.3 Å². The summed E-state index contributed by atoms with van der Waals surface area (Å²) in [6.45, 7) is 0. The Morgan fingerprint density at radius 2 is 2.00 bits per heavy atom. The van der Waals surface area contributed by atoms with Crippen LogP contribution in [-0.2, 0) is 0 Å². The molecule has 0 amide bonds. The van der Waals surface area contributed by atoms with Crippen molar-refractivity contribution < 1.29 is 4.74 Å². The van der Waals surface area contributed by atoms with Crippen LogP contribution >= 0.6 is 0 Å². The Morgan fingerprint density at radius 3 is 2.65 bits per heavy atom. The number of methoxy groups -OCH3 is 1. The molecule has 0 radical (unpaired) electrons. The van der Waals surface area contributed by atoms with Crippen LogP contribution in [0, 0.1) is 0 Å². The number of nitrogens with zero attached hydrogens (tertiary/aromatic N) is 3. The van der Waals surface area contributed by atoms with Gasteiger partial charge in [-0.3, -0.25) is 0 Å². The molecule has 0 spiro atoms. The second-order valence-corrected chi connectivity index (χ2v) is 4.60. The zero-order valence-corrected chi connectivity index (χ0v) is 10.5. The minimum Gasteiger partial charge on any atom is -0.481 e. The zero-order chi connectivity index (χ0) is 12.3. The van der Waals surface area contributed by atoms with E-state index < -0.39 is 0 Å². The van der Waals surface area contributed by atoms with Gasteiger partial charge in [0.25, 0.3) is 0 Å². The Balaban J connectivity index is 2.05. The lowest BCUT2D eigenvalue weighted by Gasteiger charge is -2.34. The van der Waals surface area contributed by atoms with Crippen molar-refractivity contribution in [1.82, 2.24) is 9.97 Å². The van der Waals surface area contributed by atoms with E-state index in [1.54, 1.807) is 13.4 Å². The highest BCUT2D eigenvalue weighted by Crippen LogP contribution is 2.25. The van der Waals surface area contributed by atoms with Gasteiger partial charge in [0, 0.05) is 25.2 Å². The molecular formula is C12H20N4O. The maximum absolute atomic E-state index is 5.92. The van der Waals surface area contributed by atoms with E-state index in [0.29, 0.717) is 18.0 Å². The number of rotatable bonds is 3. The molecule has 17 heavy (non-hydrogen) atoms. The first-order valence-corrected chi connectivity index (χ1v) is 6.05. The van der Waals surface area contributed by atoms with E-state index in [1.807, 2.05) is 6.07 Å². The lowest BCUT2D eigenvalue weighted by Crippen LogP contribution is -2.39. The van der Waals surface area contributed by atoms with Crippen molar-refractivity contribution in [2.45, 2.75) is 37.8 Å². The van der Waals surface area contributed by atoms with Gasteiger partial charge in [-0.05, 0) is 25.7 Å². The first-order valence-electron chi connectivity index (χ1n) is 6.05. The molecule has 2 N–H and O–H groups in total. The van der Waals surface area contributed by atoms with Gasteiger partial charge < -0.3 is 15.4 Å². The minimum atomic E-state index is 0.375. The SMILES string of the molecule is COc1cc(N(C)C2CCC(N)CC2)ncn1. The molecule has 0 atom stereocenters. The molecule has 0 unspecified atom stereocenters. The second kappa shape index (κ2) is 5.31. The van der Waals surface area contributed by atoms with Crippen LogP contribution in [0.2, 0.25) is 0 Å². The van der Waals surface area contributed by atoms with Crippen molar-refractivity contribution >= 4 is 5.82 Å². The Bertz CT molecular complexity index is 363. The molecule has 1 aliphatic rings. The van der Waals surface area contributed by atoms with Crippen LogP contribution in [0.3, 0.4) is 0 Å². The molecule has 1 aliphatic carbocycles. The third-order valence-electron chi connectivity index (χ3n) is 3.49. The predicted octanol–water partition coefficient (Wildman–Crippen LogP) is 1.19. The van der Waals surface area contributed by atoms with Gasteiger partial charge >= 0.3 is 0 Å². The molecular weight excluding hydrogens is 216 g/mol. The summed E-state index contributed by atoms with van der Waals surface area (Å²) in [5.41, 5.74) is 5.92. The Kier molecular flexibility index (Phi) is 3.78. The summed E-state index contributed by atoms with van der Waals surface area (Å²) in [6.07, 6.45) is 5.99. The summed E-state index contributed by atoms with van der Waals surface area (Å²) in [5.74, 6) is 1.52. The fourth-order valence-electron chi connectivity index (χ4n) is 2.31. The van der Waals surface area contributed by atoms with E-state index in [2.05, 4.69) is 21.9 Å². The molecule has 1 aromatic rings. The number of nitrogens with two attached hydrogens (primary N) is 1. The summed E-state index contributed by atoms with van der Waals surface area (Å²) >= 11 is 0. The van der Waals surface area contributed by atoms with Gasteiger partial charge in [-0.15, -0.1) is 0 Å². The van der Waals surface area contributed by atoms with Gasteiger partial charge in [0.1, 0.15) is 12.1 Å². The lowest BCUT2D eigenvalue weighted by atomic mass is 9.91.